The predicted octanol–water partition coefficient (Wildman–Crippen LogP) is 2.51. The van der Waals surface area contributed by atoms with Crippen LogP contribution in [0, 0.1) is 11.3 Å². The fourth-order valence-corrected chi connectivity index (χ4v) is 3.04. The lowest BCUT2D eigenvalue weighted by molar-refractivity contribution is -0.119. The van der Waals surface area contributed by atoms with Crippen molar-refractivity contribution in [1.82, 2.24) is 9.78 Å². The van der Waals surface area contributed by atoms with Crippen LogP contribution in [0.25, 0.3) is 5.57 Å². The van der Waals surface area contributed by atoms with Gasteiger partial charge >= 0.3 is 0 Å². The maximum Gasteiger partial charge on any atom is 0.267 e. The number of rotatable bonds is 5. The van der Waals surface area contributed by atoms with Crippen molar-refractivity contribution < 1.29 is 9.53 Å². The molecule has 3 rings (SSSR count). The lowest BCUT2D eigenvalue weighted by Crippen LogP contribution is -2.29. The fourth-order valence-electron chi connectivity index (χ4n) is 3.04. The maximum atomic E-state index is 12.4. The molecule has 138 valence electrons. The van der Waals surface area contributed by atoms with E-state index in [2.05, 4.69) is 5.10 Å². The molecule has 6 nitrogen and oxygen atoms in total. The van der Waals surface area contributed by atoms with E-state index in [1.807, 2.05) is 26.0 Å². The van der Waals surface area contributed by atoms with Crippen LogP contribution in [0.5, 0.6) is 0 Å². The van der Waals surface area contributed by atoms with Crippen LogP contribution in [0.1, 0.15) is 37.1 Å². The van der Waals surface area contributed by atoms with Crippen molar-refractivity contribution in [3.05, 3.63) is 69.6 Å². The Labute approximate surface area is 157 Å². The number of carbonyl (C=O) groups is 1. The fraction of sp³-hybridized carbons (Fsp3) is 0.333. The average molecular weight is 363 g/mol. The van der Waals surface area contributed by atoms with Crippen LogP contribution in [0.15, 0.2) is 47.3 Å². The van der Waals surface area contributed by atoms with Gasteiger partial charge in [-0.15, -0.1) is 0 Å². The molecule has 1 aromatic carbocycles. The van der Waals surface area contributed by atoms with Gasteiger partial charge in [0.25, 0.3) is 5.56 Å². The zero-order chi connectivity index (χ0) is 19.4. The molecule has 1 aromatic heterocycles. The summed E-state index contributed by atoms with van der Waals surface area (Å²) in [4.78, 5) is 24.5. The van der Waals surface area contributed by atoms with Crippen LogP contribution < -0.4 is 5.56 Å². The molecule has 0 bridgehead atoms. The van der Waals surface area contributed by atoms with Crippen molar-refractivity contribution in [2.45, 2.75) is 38.8 Å². The highest BCUT2D eigenvalue weighted by Crippen LogP contribution is 2.27. The van der Waals surface area contributed by atoms with Crippen molar-refractivity contribution >= 4 is 11.4 Å². The first-order chi connectivity index (χ1) is 12.9. The third kappa shape index (κ3) is 4.78. The SMILES string of the molecule is CC1(C)C=C(c2ccc(=O)n(CC(=O)Cc3ccc(C#N)cc3)n2)CCO1. The van der Waals surface area contributed by atoms with Gasteiger partial charge in [0.05, 0.1) is 29.5 Å². The molecule has 0 aliphatic carbocycles. The Kier molecular flexibility index (Phi) is 5.33. The van der Waals surface area contributed by atoms with E-state index in [0.717, 1.165) is 11.1 Å². The summed E-state index contributed by atoms with van der Waals surface area (Å²) in [5.41, 5.74) is 2.37. The second-order valence-corrected chi connectivity index (χ2v) is 7.11. The molecule has 0 unspecified atom stereocenters. The Morgan fingerprint density at radius 2 is 2.00 bits per heavy atom. The molecule has 1 aliphatic heterocycles. The Morgan fingerprint density at radius 3 is 2.67 bits per heavy atom. The van der Waals surface area contributed by atoms with E-state index in [4.69, 9.17) is 10.00 Å². The minimum absolute atomic E-state index is 0.0835. The van der Waals surface area contributed by atoms with E-state index in [1.54, 1.807) is 30.3 Å². The Morgan fingerprint density at radius 1 is 1.26 bits per heavy atom. The highest BCUT2D eigenvalue weighted by molar-refractivity contribution is 5.80. The molecule has 0 saturated heterocycles. The van der Waals surface area contributed by atoms with Gasteiger partial charge in [-0.3, -0.25) is 9.59 Å². The standard InChI is InChI=1S/C21H21N3O3/c1-21(2)12-17(9-10-27-21)19-7-8-20(26)24(23-19)14-18(25)11-15-3-5-16(13-22)6-4-15/h3-8,12H,9-11,14H2,1-2H3. The Bertz CT molecular complexity index is 979. The van der Waals surface area contributed by atoms with Gasteiger partial charge in [0.2, 0.25) is 0 Å². The van der Waals surface area contributed by atoms with Crippen molar-refractivity contribution in [2.75, 3.05) is 6.61 Å². The second-order valence-electron chi connectivity index (χ2n) is 7.11. The van der Waals surface area contributed by atoms with Gasteiger partial charge < -0.3 is 4.74 Å². The summed E-state index contributed by atoms with van der Waals surface area (Å²) in [6.45, 7) is 4.46. The topological polar surface area (TPSA) is 85.0 Å². The molecule has 2 heterocycles. The lowest BCUT2D eigenvalue weighted by Gasteiger charge is -2.28. The van der Waals surface area contributed by atoms with Gasteiger partial charge in [0, 0.05) is 12.5 Å². The first-order valence-corrected chi connectivity index (χ1v) is 8.81. The van der Waals surface area contributed by atoms with E-state index in [-0.39, 0.29) is 29.9 Å². The summed E-state index contributed by atoms with van der Waals surface area (Å²) in [5, 5.41) is 13.2. The number of hydrogen-bond acceptors (Lipinski definition) is 5. The van der Waals surface area contributed by atoms with E-state index in [1.165, 1.54) is 10.7 Å². The van der Waals surface area contributed by atoms with Crippen molar-refractivity contribution in [3.8, 4) is 6.07 Å². The van der Waals surface area contributed by atoms with Gasteiger partial charge in [0.1, 0.15) is 6.54 Å². The van der Waals surface area contributed by atoms with Gasteiger partial charge in [-0.1, -0.05) is 12.1 Å². The molecule has 1 aliphatic rings. The zero-order valence-corrected chi connectivity index (χ0v) is 15.4. The highest BCUT2D eigenvalue weighted by Gasteiger charge is 2.22. The number of hydrogen-bond donors (Lipinski definition) is 0. The molecule has 0 spiro atoms. The molecular formula is C21H21N3O3. The Balaban J connectivity index is 1.76. The van der Waals surface area contributed by atoms with E-state index in [9.17, 15) is 9.59 Å². The zero-order valence-electron chi connectivity index (χ0n) is 15.4. The normalized spacial score (nSPS) is 15.7. The number of Topliss-reactive ketones (excluding diaryl/α,β-unsaturated/α-hetero) is 1. The van der Waals surface area contributed by atoms with Gasteiger partial charge in [-0.2, -0.15) is 10.4 Å². The van der Waals surface area contributed by atoms with Crippen molar-refractivity contribution in [1.29, 1.82) is 5.26 Å². The lowest BCUT2D eigenvalue weighted by atomic mass is 9.97. The van der Waals surface area contributed by atoms with E-state index in [0.29, 0.717) is 24.3 Å². The van der Waals surface area contributed by atoms with Crippen LogP contribution in [0.2, 0.25) is 0 Å². The number of aromatic nitrogens is 2. The highest BCUT2D eigenvalue weighted by atomic mass is 16.5. The van der Waals surface area contributed by atoms with Crippen LogP contribution >= 0.6 is 0 Å². The molecule has 0 amide bonds. The van der Waals surface area contributed by atoms with Crippen LogP contribution in [0.3, 0.4) is 0 Å². The molecule has 0 saturated carbocycles. The molecule has 0 atom stereocenters. The second kappa shape index (κ2) is 7.68. The summed E-state index contributed by atoms with van der Waals surface area (Å²) >= 11 is 0. The minimum Gasteiger partial charge on any atom is -0.371 e. The number of benzene rings is 1. The summed E-state index contributed by atoms with van der Waals surface area (Å²) in [6.07, 6.45) is 2.91. The largest absolute Gasteiger partial charge is 0.371 e. The van der Waals surface area contributed by atoms with E-state index >= 15 is 0 Å². The number of nitriles is 1. The molecule has 6 heteroatoms. The van der Waals surface area contributed by atoms with Gasteiger partial charge in [-0.25, -0.2) is 4.68 Å². The van der Waals surface area contributed by atoms with Crippen LogP contribution in [-0.4, -0.2) is 27.8 Å². The number of ether oxygens (including phenoxy) is 1. The van der Waals surface area contributed by atoms with Crippen molar-refractivity contribution in [3.63, 3.8) is 0 Å². The number of carbonyl (C=O) groups excluding carboxylic acids is 1. The van der Waals surface area contributed by atoms with Crippen molar-refractivity contribution in [2.24, 2.45) is 0 Å². The Hall–Kier alpha value is -3.04. The summed E-state index contributed by atoms with van der Waals surface area (Å²) < 4.78 is 6.88. The molecule has 0 fully saturated rings. The predicted molar refractivity (Wildman–Crippen MR) is 101 cm³/mol. The number of nitrogens with zero attached hydrogens (tertiary/aromatic N) is 3. The van der Waals surface area contributed by atoms with Crippen LogP contribution in [0.4, 0.5) is 0 Å². The number of ketones is 1. The third-order valence-electron chi connectivity index (χ3n) is 4.37. The van der Waals surface area contributed by atoms with E-state index < -0.39 is 0 Å². The third-order valence-corrected chi connectivity index (χ3v) is 4.37. The van der Waals surface area contributed by atoms with Crippen LogP contribution in [-0.2, 0) is 22.5 Å². The van der Waals surface area contributed by atoms with Gasteiger partial charge in [-0.05, 0) is 55.7 Å². The quantitative estimate of drug-likeness (QED) is 0.815. The molecule has 2 aromatic rings. The first kappa shape index (κ1) is 18.7. The summed E-state index contributed by atoms with van der Waals surface area (Å²) in [6, 6.07) is 12.0. The summed E-state index contributed by atoms with van der Waals surface area (Å²) in [5.74, 6) is -0.118. The first-order valence-electron chi connectivity index (χ1n) is 8.81. The minimum atomic E-state index is -0.373. The summed E-state index contributed by atoms with van der Waals surface area (Å²) in [7, 11) is 0. The average Bonchev–Trinajstić information content (AvgIpc) is 2.63. The molecule has 27 heavy (non-hydrogen) atoms. The maximum absolute atomic E-state index is 12.4. The van der Waals surface area contributed by atoms with Gasteiger partial charge in [0.15, 0.2) is 5.78 Å². The molecular weight excluding hydrogens is 342 g/mol. The molecule has 0 N–H and O–H groups in total. The molecule has 0 radical (unpaired) electrons. The smallest absolute Gasteiger partial charge is 0.267 e. The monoisotopic (exact) mass is 363 g/mol.